The number of hydrogen-bond acceptors (Lipinski definition) is 3. The van der Waals surface area contributed by atoms with Gasteiger partial charge in [0.05, 0.1) is 24.7 Å². The number of Topliss-reactive ketones (excluding diaryl/α,β-unsaturated/α-hetero) is 1. The Balaban J connectivity index is 2.28. The van der Waals surface area contributed by atoms with E-state index in [-0.39, 0.29) is 17.6 Å². The predicted octanol–water partition coefficient (Wildman–Crippen LogP) is 0.529. The Bertz CT molecular complexity index is 272. The summed E-state index contributed by atoms with van der Waals surface area (Å²) in [5.74, 6) is 0.241. The third-order valence-corrected chi connectivity index (χ3v) is 2.77. The van der Waals surface area contributed by atoms with Crippen molar-refractivity contribution >= 4 is 5.78 Å². The monoisotopic (exact) mass is 182 g/mol. The highest BCUT2D eigenvalue weighted by molar-refractivity contribution is 6.01. The van der Waals surface area contributed by atoms with Crippen molar-refractivity contribution in [3.05, 3.63) is 11.6 Å². The van der Waals surface area contributed by atoms with E-state index in [0.29, 0.717) is 18.8 Å². The highest BCUT2D eigenvalue weighted by atomic mass is 16.5. The van der Waals surface area contributed by atoms with Crippen molar-refractivity contribution in [3.63, 3.8) is 0 Å². The minimum atomic E-state index is -0.999. The first-order chi connectivity index (χ1) is 6.00. The van der Waals surface area contributed by atoms with Crippen LogP contribution in [-0.2, 0) is 9.53 Å². The zero-order chi connectivity index (χ0) is 9.64. The molecule has 0 amide bonds. The van der Waals surface area contributed by atoms with Gasteiger partial charge in [-0.3, -0.25) is 4.79 Å². The maximum atomic E-state index is 11.7. The van der Waals surface area contributed by atoms with Gasteiger partial charge in [0.25, 0.3) is 0 Å². The third kappa shape index (κ3) is 1.32. The Hall–Kier alpha value is -0.670. The Kier molecular flexibility index (Phi) is 1.82. The first kappa shape index (κ1) is 8.91. The van der Waals surface area contributed by atoms with Crippen LogP contribution in [0.4, 0.5) is 0 Å². The standard InChI is InChI=1S/C10H14O3/c1-10(2,12)8-3-6-4-13-5-7(6)9(8)11/h3,6-7,12H,4-5H2,1-2H3/t6-,7+/m1/s1. The summed E-state index contributed by atoms with van der Waals surface area (Å²) in [6.07, 6.45) is 1.88. The van der Waals surface area contributed by atoms with E-state index in [0.717, 1.165) is 0 Å². The first-order valence-electron chi connectivity index (χ1n) is 4.57. The van der Waals surface area contributed by atoms with Gasteiger partial charge in [-0.15, -0.1) is 0 Å². The van der Waals surface area contributed by atoms with E-state index in [1.165, 1.54) is 0 Å². The van der Waals surface area contributed by atoms with Crippen molar-refractivity contribution in [2.75, 3.05) is 13.2 Å². The van der Waals surface area contributed by atoms with E-state index in [1.807, 2.05) is 6.08 Å². The number of carbonyl (C=O) groups is 1. The minimum absolute atomic E-state index is 0.0265. The van der Waals surface area contributed by atoms with Crippen LogP contribution in [0.5, 0.6) is 0 Å². The lowest BCUT2D eigenvalue weighted by Crippen LogP contribution is -2.28. The molecule has 0 aromatic carbocycles. The summed E-state index contributed by atoms with van der Waals surface area (Å²) in [6.45, 7) is 4.44. The highest BCUT2D eigenvalue weighted by Crippen LogP contribution is 2.36. The molecular weight excluding hydrogens is 168 g/mol. The van der Waals surface area contributed by atoms with Gasteiger partial charge in [-0.2, -0.15) is 0 Å². The molecule has 1 saturated heterocycles. The molecule has 1 fully saturated rings. The molecule has 1 aliphatic carbocycles. The van der Waals surface area contributed by atoms with Crippen LogP contribution >= 0.6 is 0 Å². The number of fused-ring (bicyclic) bond motifs is 1. The van der Waals surface area contributed by atoms with Crippen LogP contribution in [-0.4, -0.2) is 29.7 Å². The van der Waals surface area contributed by atoms with Crippen molar-refractivity contribution in [1.29, 1.82) is 0 Å². The number of hydrogen-bond donors (Lipinski definition) is 1. The molecule has 0 saturated carbocycles. The number of ether oxygens (including phenoxy) is 1. The Morgan fingerprint density at radius 2 is 2.23 bits per heavy atom. The van der Waals surface area contributed by atoms with E-state index >= 15 is 0 Å². The molecule has 0 aromatic rings. The quantitative estimate of drug-likeness (QED) is 0.643. The van der Waals surface area contributed by atoms with Gasteiger partial charge < -0.3 is 9.84 Å². The Morgan fingerprint density at radius 3 is 2.77 bits per heavy atom. The highest BCUT2D eigenvalue weighted by Gasteiger charge is 2.43. The summed E-state index contributed by atoms with van der Waals surface area (Å²) in [4.78, 5) is 11.7. The molecule has 0 bridgehead atoms. The summed E-state index contributed by atoms with van der Waals surface area (Å²) in [6, 6.07) is 0. The molecule has 3 nitrogen and oxygen atoms in total. The van der Waals surface area contributed by atoms with Crippen LogP contribution in [0.1, 0.15) is 13.8 Å². The zero-order valence-corrected chi connectivity index (χ0v) is 7.91. The lowest BCUT2D eigenvalue weighted by Gasteiger charge is -2.18. The van der Waals surface area contributed by atoms with Crippen LogP contribution in [0.2, 0.25) is 0 Å². The second kappa shape index (κ2) is 2.66. The molecule has 0 radical (unpaired) electrons. The molecule has 2 rings (SSSR count). The molecule has 1 heterocycles. The second-order valence-corrected chi connectivity index (χ2v) is 4.31. The SMILES string of the molecule is CC(C)(O)C1=C[C@@H]2COC[C@@H]2C1=O. The Morgan fingerprint density at radius 1 is 1.54 bits per heavy atom. The maximum Gasteiger partial charge on any atom is 0.167 e. The number of aliphatic hydroxyl groups is 1. The third-order valence-electron chi connectivity index (χ3n) is 2.77. The first-order valence-corrected chi connectivity index (χ1v) is 4.57. The van der Waals surface area contributed by atoms with E-state index < -0.39 is 5.60 Å². The van der Waals surface area contributed by atoms with E-state index in [9.17, 15) is 9.90 Å². The van der Waals surface area contributed by atoms with Gasteiger partial charge in [-0.25, -0.2) is 0 Å². The van der Waals surface area contributed by atoms with E-state index in [2.05, 4.69) is 0 Å². The smallest absolute Gasteiger partial charge is 0.167 e. The lowest BCUT2D eigenvalue weighted by atomic mass is 9.93. The van der Waals surface area contributed by atoms with Crippen LogP contribution in [0.3, 0.4) is 0 Å². The normalized spacial score (nSPS) is 33.5. The molecule has 1 N–H and O–H groups in total. The van der Waals surface area contributed by atoms with Gasteiger partial charge in [0.1, 0.15) is 0 Å². The topological polar surface area (TPSA) is 46.5 Å². The fourth-order valence-electron chi connectivity index (χ4n) is 2.01. The van der Waals surface area contributed by atoms with Gasteiger partial charge >= 0.3 is 0 Å². The number of rotatable bonds is 1. The van der Waals surface area contributed by atoms with E-state index in [1.54, 1.807) is 13.8 Å². The van der Waals surface area contributed by atoms with Crippen LogP contribution in [0.15, 0.2) is 11.6 Å². The summed E-state index contributed by atoms with van der Waals surface area (Å²) in [5, 5.41) is 9.71. The van der Waals surface area contributed by atoms with E-state index in [4.69, 9.17) is 4.74 Å². The Labute approximate surface area is 77.4 Å². The average molecular weight is 182 g/mol. The van der Waals surface area contributed by atoms with Crippen LogP contribution < -0.4 is 0 Å². The molecule has 2 aliphatic rings. The molecule has 13 heavy (non-hydrogen) atoms. The number of ketones is 1. The maximum absolute atomic E-state index is 11.7. The van der Waals surface area contributed by atoms with Crippen molar-refractivity contribution in [1.82, 2.24) is 0 Å². The predicted molar refractivity (Wildman–Crippen MR) is 47.2 cm³/mol. The molecule has 0 spiro atoms. The molecule has 72 valence electrons. The van der Waals surface area contributed by atoms with Crippen molar-refractivity contribution in [2.45, 2.75) is 19.4 Å². The number of carbonyl (C=O) groups excluding carboxylic acids is 1. The van der Waals surface area contributed by atoms with Gasteiger partial charge in [-0.05, 0) is 13.8 Å². The molecule has 2 atom stereocenters. The van der Waals surface area contributed by atoms with Crippen LogP contribution in [0, 0.1) is 11.8 Å². The van der Waals surface area contributed by atoms with Crippen molar-refractivity contribution in [3.8, 4) is 0 Å². The fraction of sp³-hybridized carbons (Fsp3) is 0.700. The molecule has 1 aliphatic heterocycles. The summed E-state index contributed by atoms with van der Waals surface area (Å²) in [7, 11) is 0. The minimum Gasteiger partial charge on any atom is -0.386 e. The largest absolute Gasteiger partial charge is 0.386 e. The van der Waals surface area contributed by atoms with Gasteiger partial charge in [0.2, 0.25) is 0 Å². The lowest BCUT2D eigenvalue weighted by molar-refractivity contribution is -0.120. The zero-order valence-electron chi connectivity index (χ0n) is 7.91. The molecule has 0 aromatic heterocycles. The second-order valence-electron chi connectivity index (χ2n) is 4.31. The molecule has 0 unspecified atom stereocenters. The molecule has 3 heteroatoms. The summed E-state index contributed by atoms with van der Waals surface area (Å²) < 4.78 is 5.20. The summed E-state index contributed by atoms with van der Waals surface area (Å²) >= 11 is 0. The van der Waals surface area contributed by atoms with Crippen molar-refractivity contribution in [2.24, 2.45) is 11.8 Å². The van der Waals surface area contributed by atoms with Gasteiger partial charge in [0.15, 0.2) is 5.78 Å². The molecular formula is C10H14O3. The summed E-state index contributed by atoms with van der Waals surface area (Å²) in [5.41, 5.74) is -0.438. The fourth-order valence-corrected chi connectivity index (χ4v) is 2.01. The van der Waals surface area contributed by atoms with Gasteiger partial charge in [-0.1, -0.05) is 6.08 Å². The van der Waals surface area contributed by atoms with Gasteiger partial charge in [0, 0.05) is 11.5 Å². The average Bonchev–Trinajstić information content (AvgIpc) is 2.51. The van der Waals surface area contributed by atoms with Crippen molar-refractivity contribution < 1.29 is 14.6 Å². The van der Waals surface area contributed by atoms with Crippen LogP contribution in [0.25, 0.3) is 0 Å².